The normalized spacial score (nSPS) is 19.4. The van der Waals surface area contributed by atoms with E-state index in [1.807, 2.05) is 29.1 Å². The highest BCUT2D eigenvalue weighted by Crippen LogP contribution is 2.32. The summed E-state index contributed by atoms with van der Waals surface area (Å²) in [6, 6.07) is 2.02. The Bertz CT molecular complexity index is 1200. The average molecular weight is 429 g/mol. The summed E-state index contributed by atoms with van der Waals surface area (Å²) in [6.45, 7) is -2.72. The van der Waals surface area contributed by atoms with E-state index in [2.05, 4.69) is 30.1 Å². The van der Waals surface area contributed by atoms with E-state index >= 15 is 0 Å². The van der Waals surface area contributed by atoms with Gasteiger partial charge in [0.05, 0.1) is 13.2 Å². The van der Waals surface area contributed by atoms with Crippen LogP contribution in [0.15, 0.2) is 37.1 Å². The second-order valence-corrected chi connectivity index (χ2v) is 7.46. The standard InChI is InChI=1S/C20H21F2N7O2/c1-30-17-16-15(12-10-24-20-23-7-9-28(20)11-12)6-8-29(16)27-19(26-17)25-13-2-4-14(5-3-13)31-18(21)22/h6-11,13-14,18H,2-5H2,1H3,(H,25,27)/t13-,14-. The van der Waals surface area contributed by atoms with Crippen LogP contribution in [0.25, 0.3) is 22.4 Å². The number of imidazole rings is 1. The average Bonchev–Trinajstić information content (AvgIpc) is 3.40. The number of rotatable bonds is 6. The van der Waals surface area contributed by atoms with Crippen LogP contribution in [-0.2, 0) is 4.74 Å². The van der Waals surface area contributed by atoms with Crippen molar-refractivity contribution in [1.82, 2.24) is 29.0 Å². The lowest BCUT2D eigenvalue weighted by atomic mass is 9.93. The number of ether oxygens (including phenoxy) is 2. The number of anilines is 1. The van der Waals surface area contributed by atoms with Crippen molar-refractivity contribution >= 4 is 17.2 Å². The van der Waals surface area contributed by atoms with Crippen molar-refractivity contribution in [2.75, 3.05) is 12.4 Å². The third kappa shape index (κ3) is 3.88. The van der Waals surface area contributed by atoms with Crippen LogP contribution in [0.3, 0.4) is 0 Å². The quantitative estimate of drug-likeness (QED) is 0.502. The van der Waals surface area contributed by atoms with Gasteiger partial charge in [-0.2, -0.15) is 13.8 Å². The van der Waals surface area contributed by atoms with Gasteiger partial charge in [-0.25, -0.2) is 14.5 Å². The Hall–Kier alpha value is -3.34. The van der Waals surface area contributed by atoms with Crippen LogP contribution in [0.5, 0.6) is 5.88 Å². The van der Waals surface area contributed by atoms with Gasteiger partial charge >= 0.3 is 6.61 Å². The second-order valence-electron chi connectivity index (χ2n) is 7.46. The summed E-state index contributed by atoms with van der Waals surface area (Å²) in [5.41, 5.74) is 2.49. The van der Waals surface area contributed by atoms with E-state index in [4.69, 9.17) is 4.74 Å². The smallest absolute Gasteiger partial charge is 0.345 e. The summed E-state index contributed by atoms with van der Waals surface area (Å²) in [5, 5.41) is 7.87. The minimum absolute atomic E-state index is 0.0857. The lowest BCUT2D eigenvalue weighted by Gasteiger charge is -2.28. The van der Waals surface area contributed by atoms with Gasteiger partial charge in [-0.3, -0.25) is 4.40 Å². The van der Waals surface area contributed by atoms with Gasteiger partial charge in [0, 0.05) is 48.2 Å². The molecule has 0 aliphatic heterocycles. The van der Waals surface area contributed by atoms with Crippen molar-refractivity contribution in [2.45, 2.75) is 44.4 Å². The maximum Gasteiger partial charge on any atom is 0.345 e. The number of hydrogen-bond donors (Lipinski definition) is 1. The summed E-state index contributed by atoms with van der Waals surface area (Å²) in [6.07, 6.45) is 11.2. The molecule has 0 bridgehead atoms. The number of hydrogen-bond acceptors (Lipinski definition) is 7. The number of nitrogens with zero attached hydrogens (tertiary/aromatic N) is 6. The van der Waals surface area contributed by atoms with E-state index in [-0.39, 0.29) is 6.04 Å². The van der Waals surface area contributed by atoms with E-state index in [0.717, 1.165) is 16.6 Å². The molecule has 1 aliphatic rings. The molecule has 4 aromatic rings. The van der Waals surface area contributed by atoms with Gasteiger partial charge < -0.3 is 14.8 Å². The fourth-order valence-corrected chi connectivity index (χ4v) is 4.06. The van der Waals surface area contributed by atoms with Gasteiger partial charge in [-0.15, -0.1) is 5.10 Å². The Morgan fingerprint density at radius 1 is 1.16 bits per heavy atom. The molecule has 5 rings (SSSR count). The summed E-state index contributed by atoms with van der Waals surface area (Å²) < 4.78 is 38.5. The van der Waals surface area contributed by atoms with Crippen molar-refractivity contribution in [3.8, 4) is 17.0 Å². The lowest BCUT2D eigenvalue weighted by Crippen LogP contribution is -2.31. The topological polar surface area (TPSA) is 90.9 Å². The molecule has 1 aliphatic carbocycles. The van der Waals surface area contributed by atoms with Gasteiger partial charge in [0.2, 0.25) is 17.6 Å². The molecule has 0 saturated heterocycles. The zero-order chi connectivity index (χ0) is 21.4. The predicted octanol–water partition coefficient (Wildman–Crippen LogP) is 3.41. The highest BCUT2D eigenvalue weighted by Gasteiger charge is 2.25. The van der Waals surface area contributed by atoms with Crippen LogP contribution >= 0.6 is 0 Å². The summed E-state index contributed by atoms with van der Waals surface area (Å²) in [4.78, 5) is 13.1. The lowest BCUT2D eigenvalue weighted by molar-refractivity contribution is -0.169. The Labute approximate surface area is 176 Å². The number of fused-ring (bicyclic) bond motifs is 2. The van der Waals surface area contributed by atoms with Crippen LogP contribution in [-0.4, -0.2) is 54.8 Å². The Kier molecular flexibility index (Phi) is 5.10. The van der Waals surface area contributed by atoms with E-state index in [9.17, 15) is 8.78 Å². The molecule has 11 heteroatoms. The molecule has 0 spiro atoms. The number of nitrogens with one attached hydrogen (secondary N) is 1. The Morgan fingerprint density at radius 3 is 2.77 bits per heavy atom. The second kappa shape index (κ2) is 8.06. The van der Waals surface area contributed by atoms with Gasteiger partial charge in [-0.05, 0) is 31.7 Å². The molecule has 0 aromatic carbocycles. The number of alkyl halides is 2. The van der Waals surface area contributed by atoms with Crippen molar-refractivity contribution < 1.29 is 18.3 Å². The molecule has 1 saturated carbocycles. The van der Waals surface area contributed by atoms with Crippen molar-refractivity contribution in [1.29, 1.82) is 0 Å². The monoisotopic (exact) mass is 429 g/mol. The number of halogens is 2. The van der Waals surface area contributed by atoms with Crippen LogP contribution in [0.2, 0.25) is 0 Å². The third-order valence-electron chi connectivity index (χ3n) is 5.53. The Balaban J connectivity index is 1.39. The highest BCUT2D eigenvalue weighted by molar-refractivity contribution is 5.84. The zero-order valence-corrected chi connectivity index (χ0v) is 16.8. The first kappa shape index (κ1) is 19.6. The van der Waals surface area contributed by atoms with Gasteiger partial charge in [-0.1, -0.05) is 0 Å². The van der Waals surface area contributed by atoms with Crippen LogP contribution in [0.1, 0.15) is 25.7 Å². The molecule has 0 amide bonds. The number of methoxy groups -OCH3 is 1. The van der Waals surface area contributed by atoms with Crippen LogP contribution < -0.4 is 10.1 Å². The minimum atomic E-state index is -2.72. The van der Waals surface area contributed by atoms with Crippen molar-refractivity contribution in [3.05, 3.63) is 37.1 Å². The van der Waals surface area contributed by atoms with Gasteiger partial charge in [0.25, 0.3) is 0 Å². The molecule has 31 heavy (non-hydrogen) atoms. The minimum Gasteiger partial charge on any atom is -0.479 e. The molecule has 1 N–H and O–H groups in total. The zero-order valence-electron chi connectivity index (χ0n) is 16.8. The SMILES string of the molecule is COc1nc(N[C@H]2CC[C@H](OC(F)F)CC2)nn2ccc(-c3cnc4nccn4c3)c12. The highest BCUT2D eigenvalue weighted by atomic mass is 19.3. The molecule has 0 radical (unpaired) electrons. The largest absolute Gasteiger partial charge is 0.479 e. The summed E-state index contributed by atoms with van der Waals surface area (Å²) >= 11 is 0. The summed E-state index contributed by atoms with van der Waals surface area (Å²) in [5.74, 6) is 1.47. The third-order valence-corrected chi connectivity index (χ3v) is 5.53. The van der Waals surface area contributed by atoms with Gasteiger partial charge in [0.15, 0.2) is 0 Å². The molecule has 162 valence electrons. The molecule has 1 fully saturated rings. The molecular formula is C20H21F2N7O2. The van der Waals surface area contributed by atoms with Crippen molar-refractivity contribution in [3.63, 3.8) is 0 Å². The first-order valence-electron chi connectivity index (χ1n) is 10.0. The van der Waals surface area contributed by atoms with E-state index < -0.39 is 12.7 Å². The predicted molar refractivity (Wildman–Crippen MR) is 108 cm³/mol. The van der Waals surface area contributed by atoms with Crippen LogP contribution in [0, 0.1) is 0 Å². The maximum absolute atomic E-state index is 12.4. The fourth-order valence-electron chi connectivity index (χ4n) is 4.06. The Morgan fingerprint density at radius 2 is 2.00 bits per heavy atom. The van der Waals surface area contributed by atoms with E-state index in [0.29, 0.717) is 43.3 Å². The summed E-state index contributed by atoms with van der Waals surface area (Å²) in [7, 11) is 1.56. The first-order valence-corrected chi connectivity index (χ1v) is 10.0. The van der Waals surface area contributed by atoms with E-state index in [1.165, 1.54) is 0 Å². The molecule has 0 unspecified atom stereocenters. The number of aromatic nitrogens is 6. The van der Waals surface area contributed by atoms with Crippen LogP contribution in [0.4, 0.5) is 14.7 Å². The molecule has 9 nitrogen and oxygen atoms in total. The first-order chi connectivity index (χ1) is 15.1. The molecule has 4 heterocycles. The fraction of sp³-hybridized carbons (Fsp3) is 0.400. The maximum atomic E-state index is 12.4. The molecular weight excluding hydrogens is 408 g/mol. The molecule has 0 atom stereocenters. The van der Waals surface area contributed by atoms with Gasteiger partial charge in [0.1, 0.15) is 5.52 Å². The molecule has 4 aromatic heterocycles. The van der Waals surface area contributed by atoms with E-state index in [1.54, 1.807) is 24.0 Å². The van der Waals surface area contributed by atoms with Crippen molar-refractivity contribution in [2.24, 2.45) is 0 Å².